The first-order valence-corrected chi connectivity index (χ1v) is 13.1. The minimum Gasteiger partial charge on any atom is -0.567 e. The Morgan fingerprint density at radius 1 is 1.00 bits per heavy atom. The van der Waals surface area contributed by atoms with Gasteiger partial charge in [-0.15, -0.1) is 0 Å². The van der Waals surface area contributed by atoms with Gasteiger partial charge in [0.25, 0.3) is 11.4 Å². The van der Waals surface area contributed by atoms with E-state index in [4.69, 9.17) is 4.74 Å². The number of rotatable bonds is 7. The summed E-state index contributed by atoms with van der Waals surface area (Å²) in [5, 5.41) is 0. The lowest BCUT2D eigenvalue weighted by Gasteiger charge is -2.19. The Balaban J connectivity index is 1.41. The number of ether oxygens (including phenoxy) is 1. The van der Waals surface area contributed by atoms with Gasteiger partial charge in [0, 0.05) is 18.8 Å². The van der Waals surface area contributed by atoms with E-state index in [0.717, 1.165) is 22.4 Å². The second-order valence-electron chi connectivity index (χ2n) is 8.97. The Labute approximate surface area is 214 Å². The lowest BCUT2D eigenvalue weighted by atomic mass is 10.1. The van der Waals surface area contributed by atoms with E-state index >= 15 is 0 Å². The number of fused-ring (bicyclic) bond motifs is 1. The summed E-state index contributed by atoms with van der Waals surface area (Å²) in [6.07, 6.45) is 0. The zero-order valence-corrected chi connectivity index (χ0v) is 21.8. The highest BCUT2D eigenvalue weighted by Crippen LogP contribution is 2.30. The molecule has 5 rings (SSSR count). The van der Waals surface area contributed by atoms with Crippen LogP contribution >= 0.6 is 0 Å². The minimum absolute atomic E-state index is 0.0221. The molecular weight excluding hydrogens is 490 g/mol. The monoisotopic (exact) mass is 517 g/mol. The maximum atomic E-state index is 13.2. The summed E-state index contributed by atoms with van der Waals surface area (Å²) in [6.45, 7) is 5.91. The van der Waals surface area contributed by atoms with Gasteiger partial charge in [-0.1, -0.05) is 30.3 Å². The van der Waals surface area contributed by atoms with Crippen LogP contribution in [0.5, 0.6) is 5.75 Å². The van der Waals surface area contributed by atoms with Crippen molar-refractivity contribution in [3.05, 3.63) is 104 Å². The summed E-state index contributed by atoms with van der Waals surface area (Å²) >= 11 is 0. The SMILES string of the molecule is Cc1ccc(C)c(OCc2[nH]c3cc(S(=O)(=O)[N-]c4c(C)n(C)n(-c5ccccc5)c4=O)ccc3[nH+]2)c1. The molecule has 0 unspecified atom stereocenters. The molecule has 37 heavy (non-hydrogen) atoms. The Kier molecular flexibility index (Phi) is 6.12. The average Bonchev–Trinajstić information content (AvgIpc) is 3.38. The van der Waals surface area contributed by atoms with Crippen LogP contribution in [0.15, 0.2) is 76.4 Å². The van der Waals surface area contributed by atoms with Gasteiger partial charge in [-0.05, 0) is 67.9 Å². The number of para-hydroxylation sites is 1. The third-order valence-electron chi connectivity index (χ3n) is 6.31. The summed E-state index contributed by atoms with van der Waals surface area (Å²) in [5.74, 6) is 1.47. The van der Waals surface area contributed by atoms with Crippen LogP contribution in [0.2, 0.25) is 0 Å². The van der Waals surface area contributed by atoms with Gasteiger partial charge < -0.3 is 9.46 Å². The number of aryl methyl sites for hydroxylation is 2. The van der Waals surface area contributed by atoms with Crippen molar-refractivity contribution >= 4 is 26.7 Å². The van der Waals surface area contributed by atoms with Crippen molar-refractivity contribution in [2.24, 2.45) is 7.05 Å². The van der Waals surface area contributed by atoms with Gasteiger partial charge in [-0.3, -0.25) is 9.48 Å². The van der Waals surface area contributed by atoms with Crippen molar-refractivity contribution in [3.63, 3.8) is 0 Å². The van der Waals surface area contributed by atoms with Crippen molar-refractivity contribution in [2.75, 3.05) is 0 Å². The first kappa shape index (κ1) is 24.4. The van der Waals surface area contributed by atoms with Crippen molar-refractivity contribution < 1.29 is 18.1 Å². The van der Waals surface area contributed by atoms with Gasteiger partial charge in [0.1, 0.15) is 15.8 Å². The molecule has 0 atom stereocenters. The standard InChI is InChI=1S/C27H26N5O4S/c1-17-10-11-18(2)24(14-17)36-16-25-28-22-13-12-21(15-23(22)29-25)37(34,35)30-26-19(3)31(4)32(27(26)33)20-8-6-5-7-9-20/h5-15H,16H2,1-4H3,(H,28,29)/q-1/p+1. The molecule has 10 heteroatoms. The van der Waals surface area contributed by atoms with Gasteiger partial charge in [-0.2, -0.15) is 0 Å². The molecule has 190 valence electrons. The van der Waals surface area contributed by atoms with Gasteiger partial charge in [0.15, 0.2) is 17.6 Å². The van der Waals surface area contributed by atoms with Gasteiger partial charge in [-0.25, -0.2) is 23.1 Å². The smallest absolute Gasteiger partial charge is 0.291 e. The maximum Gasteiger partial charge on any atom is 0.291 e. The van der Waals surface area contributed by atoms with E-state index in [1.165, 1.54) is 16.8 Å². The summed E-state index contributed by atoms with van der Waals surface area (Å²) in [6, 6.07) is 19.6. The van der Waals surface area contributed by atoms with Crippen molar-refractivity contribution in [1.29, 1.82) is 0 Å². The van der Waals surface area contributed by atoms with Crippen LogP contribution in [-0.2, 0) is 23.7 Å². The normalized spacial score (nSPS) is 11.7. The highest BCUT2D eigenvalue weighted by atomic mass is 32.2. The molecule has 0 fully saturated rings. The number of imidazole rings is 1. The second-order valence-corrected chi connectivity index (χ2v) is 10.6. The molecule has 9 nitrogen and oxygen atoms in total. The second kappa shape index (κ2) is 9.29. The highest BCUT2D eigenvalue weighted by molar-refractivity contribution is 7.94. The number of H-pyrrole nitrogens is 2. The zero-order chi connectivity index (χ0) is 26.3. The lowest BCUT2D eigenvalue weighted by Crippen LogP contribution is -2.19. The summed E-state index contributed by atoms with van der Waals surface area (Å²) < 4.78 is 39.3. The largest absolute Gasteiger partial charge is 0.567 e. The first-order chi connectivity index (χ1) is 17.6. The Morgan fingerprint density at radius 2 is 1.76 bits per heavy atom. The van der Waals surface area contributed by atoms with Crippen molar-refractivity contribution in [3.8, 4) is 11.4 Å². The van der Waals surface area contributed by atoms with Crippen LogP contribution in [0.3, 0.4) is 0 Å². The Morgan fingerprint density at radius 3 is 2.51 bits per heavy atom. The third kappa shape index (κ3) is 4.63. The molecule has 5 aromatic rings. The van der Waals surface area contributed by atoms with E-state index in [2.05, 4.69) is 14.7 Å². The zero-order valence-electron chi connectivity index (χ0n) is 20.9. The molecule has 2 heterocycles. The number of hydrogen-bond acceptors (Lipinski definition) is 4. The molecule has 0 saturated heterocycles. The fourth-order valence-electron chi connectivity index (χ4n) is 4.17. The van der Waals surface area contributed by atoms with Crippen LogP contribution in [0, 0.1) is 20.8 Å². The van der Waals surface area contributed by atoms with Gasteiger partial charge in [0.05, 0.1) is 10.6 Å². The Bertz CT molecular complexity index is 1780. The minimum atomic E-state index is -4.16. The van der Waals surface area contributed by atoms with Gasteiger partial charge in [0.2, 0.25) is 0 Å². The number of nitrogens with one attached hydrogen (secondary N) is 2. The predicted molar refractivity (Wildman–Crippen MR) is 141 cm³/mol. The molecule has 0 spiro atoms. The molecule has 0 saturated carbocycles. The molecule has 0 aliphatic heterocycles. The number of aromatic amines is 2. The molecule has 2 aromatic heterocycles. The number of benzene rings is 3. The van der Waals surface area contributed by atoms with Gasteiger partial charge >= 0.3 is 0 Å². The molecule has 0 bridgehead atoms. The van der Waals surface area contributed by atoms with Crippen LogP contribution in [0.1, 0.15) is 22.6 Å². The molecule has 0 aliphatic carbocycles. The maximum absolute atomic E-state index is 13.2. The van der Waals surface area contributed by atoms with E-state index in [1.54, 1.807) is 36.9 Å². The third-order valence-corrected chi connectivity index (χ3v) is 7.58. The van der Waals surface area contributed by atoms with Crippen molar-refractivity contribution in [1.82, 2.24) is 14.3 Å². The quantitative estimate of drug-likeness (QED) is 0.345. The number of nitrogens with zero attached hydrogens (tertiary/aromatic N) is 3. The van der Waals surface area contributed by atoms with Crippen LogP contribution in [0.4, 0.5) is 5.69 Å². The van der Waals surface area contributed by atoms with E-state index in [-0.39, 0.29) is 17.2 Å². The summed E-state index contributed by atoms with van der Waals surface area (Å²) in [4.78, 5) is 19.5. The van der Waals surface area contributed by atoms with Crippen LogP contribution in [-0.4, -0.2) is 22.8 Å². The van der Waals surface area contributed by atoms with Crippen molar-refractivity contribution in [2.45, 2.75) is 32.3 Å². The average molecular weight is 518 g/mol. The number of sulfonamides is 1. The Hall–Kier alpha value is -4.31. The first-order valence-electron chi connectivity index (χ1n) is 11.7. The van der Waals surface area contributed by atoms with E-state index in [1.807, 2.05) is 50.2 Å². The topological polar surface area (TPSA) is 114 Å². The molecule has 0 aliphatic rings. The lowest BCUT2D eigenvalue weighted by molar-refractivity contribution is -0.362. The molecular formula is C27H27N5O4S. The number of hydrogen-bond donors (Lipinski definition) is 1. The number of aromatic nitrogens is 4. The van der Waals surface area contributed by atoms with E-state index < -0.39 is 15.6 Å². The van der Waals surface area contributed by atoms with E-state index in [0.29, 0.717) is 22.7 Å². The molecule has 2 N–H and O–H groups in total. The molecule has 0 amide bonds. The fourth-order valence-corrected chi connectivity index (χ4v) is 5.23. The van der Waals surface area contributed by atoms with Crippen LogP contribution in [0.25, 0.3) is 21.4 Å². The fraction of sp³-hybridized carbons (Fsp3) is 0.185. The van der Waals surface area contributed by atoms with E-state index in [9.17, 15) is 13.2 Å². The summed E-state index contributed by atoms with van der Waals surface area (Å²) in [7, 11) is -2.47. The predicted octanol–water partition coefficient (Wildman–Crippen LogP) is 4.37. The highest BCUT2D eigenvalue weighted by Gasteiger charge is 2.17. The summed E-state index contributed by atoms with van der Waals surface area (Å²) in [5.41, 5.74) is 3.88. The molecule has 0 radical (unpaired) electrons. The van der Waals surface area contributed by atoms with Crippen LogP contribution < -0.4 is 15.3 Å². The molecule has 3 aromatic carbocycles.